The van der Waals surface area contributed by atoms with Gasteiger partial charge in [-0.2, -0.15) is 0 Å². The summed E-state index contributed by atoms with van der Waals surface area (Å²) in [5.41, 5.74) is 0. The molecule has 1 aromatic rings. The Labute approximate surface area is 169 Å². The Hall–Kier alpha value is -0.860. The van der Waals surface area contributed by atoms with Crippen molar-refractivity contribution in [2.24, 2.45) is 5.92 Å². The molecule has 27 heavy (non-hydrogen) atoms. The summed E-state index contributed by atoms with van der Waals surface area (Å²) in [4.78, 5) is 15.1. The maximum absolute atomic E-state index is 12.9. The summed E-state index contributed by atoms with van der Waals surface area (Å²) in [5.74, 6) is 1.57. The number of anilines is 1. The summed E-state index contributed by atoms with van der Waals surface area (Å²) >= 11 is 3.06. The number of hydrogen-bond donors (Lipinski definition) is 1. The Morgan fingerprint density at radius 2 is 1.93 bits per heavy atom. The normalized spacial score (nSPS) is 28.3. The first-order valence-electron chi connectivity index (χ1n) is 10.3. The molecule has 0 aromatic carbocycles. The molecule has 3 fully saturated rings. The molecular formula is C19H30N4O2S2. The molecule has 3 aliphatic rings. The fourth-order valence-electron chi connectivity index (χ4n) is 4.12. The van der Waals surface area contributed by atoms with Gasteiger partial charge in [0.1, 0.15) is 0 Å². The fraction of sp³-hybridized carbons (Fsp3) is 0.842. The SMILES string of the molecule is CC1CCC(N(C(=O)CSc2nnc(NCC3CCCO3)s2)C2CC2)CC1. The third-order valence-electron chi connectivity index (χ3n) is 5.84. The second-order valence-corrected chi connectivity index (χ2v) is 10.3. The van der Waals surface area contributed by atoms with E-state index in [9.17, 15) is 4.79 Å². The molecule has 2 saturated carbocycles. The van der Waals surface area contributed by atoms with Crippen LogP contribution in [0.1, 0.15) is 58.3 Å². The number of thioether (sulfide) groups is 1. The Kier molecular flexibility index (Phi) is 6.55. The molecule has 2 heterocycles. The van der Waals surface area contributed by atoms with Gasteiger partial charge in [0, 0.05) is 25.2 Å². The van der Waals surface area contributed by atoms with Crippen LogP contribution in [0.2, 0.25) is 0 Å². The van der Waals surface area contributed by atoms with Crippen LogP contribution in [0.3, 0.4) is 0 Å². The van der Waals surface area contributed by atoms with E-state index < -0.39 is 0 Å². The van der Waals surface area contributed by atoms with Crippen molar-refractivity contribution < 1.29 is 9.53 Å². The number of amides is 1. The highest BCUT2D eigenvalue weighted by Gasteiger charge is 2.38. The summed E-state index contributed by atoms with van der Waals surface area (Å²) in [6.07, 6.45) is 9.75. The topological polar surface area (TPSA) is 67.4 Å². The van der Waals surface area contributed by atoms with Crippen molar-refractivity contribution in [3.63, 3.8) is 0 Å². The molecule has 1 unspecified atom stereocenters. The first kappa shape index (κ1) is 19.5. The number of hydrogen-bond acceptors (Lipinski definition) is 7. The molecule has 2 aliphatic carbocycles. The first-order valence-corrected chi connectivity index (χ1v) is 12.1. The van der Waals surface area contributed by atoms with Gasteiger partial charge >= 0.3 is 0 Å². The summed E-state index contributed by atoms with van der Waals surface area (Å²) in [7, 11) is 0. The van der Waals surface area contributed by atoms with Crippen molar-refractivity contribution in [2.45, 2.75) is 80.8 Å². The highest BCUT2D eigenvalue weighted by molar-refractivity contribution is 8.01. The molecule has 1 N–H and O–H groups in total. The zero-order valence-corrected chi connectivity index (χ0v) is 17.7. The zero-order chi connectivity index (χ0) is 18.6. The summed E-state index contributed by atoms with van der Waals surface area (Å²) in [5, 5.41) is 12.6. The van der Waals surface area contributed by atoms with E-state index in [4.69, 9.17) is 4.74 Å². The van der Waals surface area contributed by atoms with E-state index in [1.807, 2.05) is 0 Å². The third kappa shape index (κ3) is 5.35. The molecule has 4 rings (SSSR count). The molecule has 6 nitrogen and oxygen atoms in total. The van der Waals surface area contributed by atoms with Gasteiger partial charge in [0.25, 0.3) is 0 Å². The Balaban J connectivity index is 1.25. The number of carbonyl (C=O) groups excluding carboxylic acids is 1. The Bertz CT molecular complexity index is 623. The van der Waals surface area contributed by atoms with E-state index in [-0.39, 0.29) is 12.0 Å². The molecule has 150 valence electrons. The lowest BCUT2D eigenvalue weighted by atomic mass is 9.86. The van der Waals surface area contributed by atoms with Crippen molar-refractivity contribution in [1.29, 1.82) is 0 Å². The minimum absolute atomic E-state index is 0.283. The van der Waals surface area contributed by atoms with Gasteiger partial charge in [-0.3, -0.25) is 4.79 Å². The number of aromatic nitrogens is 2. The minimum Gasteiger partial charge on any atom is -0.376 e. The Morgan fingerprint density at radius 3 is 2.59 bits per heavy atom. The predicted octanol–water partition coefficient (Wildman–Crippen LogP) is 3.79. The van der Waals surface area contributed by atoms with Crippen LogP contribution in [0.5, 0.6) is 0 Å². The van der Waals surface area contributed by atoms with Gasteiger partial charge in [0.2, 0.25) is 11.0 Å². The summed E-state index contributed by atoms with van der Waals surface area (Å²) in [6.45, 7) is 3.98. The molecule has 1 aromatic heterocycles. The monoisotopic (exact) mass is 410 g/mol. The summed E-state index contributed by atoms with van der Waals surface area (Å²) < 4.78 is 6.48. The standard InChI is InChI=1S/C19H30N4O2S2/c1-13-4-6-14(7-5-13)23(15-8-9-15)17(24)12-26-19-22-21-18(27-19)20-11-16-3-2-10-25-16/h13-16H,2-12H2,1H3,(H,20,21). The molecular weight excluding hydrogens is 380 g/mol. The summed E-state index contributed by atoms with van der Waals surface area (Å²) in [6, 6.07) is 0.953. The zero-order valence-electron chi connectivity index (χ0n) is 16.1. The maximum Gasteiger partial charge on any atom is 0.233 e. The lowest BCUT2D eigenvalue weighted by molar-refractivity contribution is -0.132. The number of carbonyl (C=O) groups is 1. The van der Waals surface area contributed by atoms with E-state index in [2.05, 4.69) is 27.3 Å². The second kappa shape index (κ2) is 9.09. The van der Waals surface area contributed by atoms with E-state index in [1.165, 1.54) is 61.6 Å². The average Bonchev–Trinajstić information content (AvgIpc) is 3.18. The van der Waals surface area contributed by atoms with Crippen molar-refractivity contribution >= 4 is 34.1 Å². The largest absolute Gasteiger partial charge is 0.376 e. The number of ether oxygens (including phenoxy) is 1. The van der Waals surface area contributed by atoms with Crippen molar-refractivity contribution in [3.05, 3.63) is 0 Å². The van der Waals surface area contributed by atoms with E-state index in [1.54, 1.807) is 0 Å². The van der Waals surface area contributed by atoms with E-state index in [0.717, 1.165) is 41.4 Å². The van der Waals surface area contributed by atoms with Gasteiger partial charge in [0.15, 0.2) is 4.34 Å². The minimum atomic E-state index is 0.283. The van der Waals surface area contributed by atoms with Gasteiger partial charge < -0.3 is 15.0 Å². The van der Waals surface area contributed by atoms with Gasteiger partial charge in [0.05, 0.1) is 11.9 Å². The highest BCUT2D eigenvalue weighted by Crippen LogP contribution is 2.36. The van der Waals surface area contributed by atoms with Crippen LogP contribution >= 0.6 is 23.1 Å². The second-order valence-electron chi connectivity index (χ2n) is 8.12. The van der Waals surface area contributed by atoms with Crippen molar-refractivity contribution in [3.8, 4) is 0 Å². The number of rotatable bonds is 8. The van der Waals surface area contributed by atoms with Crippen LogP contribution in [-0.4, -0.2) is 58.1 Å². The smallest absolute Gasteiger partial charge is 0.233 e. The molecule has 1 amide bonds. The van der Waals surface area contributed by atoms with Crippen LogP contribution in [-0.2, 0) is 9.53 Å². The molecule has 0 bridgehead atoms. The predicted molar refractivity (Wildman–Crippen MR) is 109 cm³/mol. The van der Waals surface area contributed by atoms with Gasteiger partial charge in [-0.05, 0) is 57.3 Å². The number of nitrogens with one attached hydrogen (secondary N) is 1. The van der Waals surface area contributed by atoms with Crippen molar-refractivity contribution in [2.75, 3.05) is 24.2 Å². The van der Waals surface area contributed by atoms with Crippen LogP contribution in [0.4, 0.5) is 5.13 Å². The molecule has 0 spiro atoms. The average molecular weight is 411 g/mol. The molecule has 1 atom stereocenters. The highest BCUT2D eigenvalue weighted by atomic mass is 32.2. The van der Waals surface area contributed by atoms with Crippen LogP contribution in [0, 0.1) is 5.92 Å². The molecule has 0 radical (unpaired) electrons. The van der Waals surface area contributed by atoms with Gasteiger partial charge in [-0.1, -0.05) is 30.0 Å². The van der Waals surface area contributed by atoms with Crippen molar-refractivity contribution in [1.82, 2.24) is 15.1 Å². The molecule has 8 heteroatoms. The third-order valence-corrected chi connectivity index (χ3v) is 7.84. The van der Waals surface area contributed by atoms with Gasteiger partial charge in [-0.25, -0.2) is 0 Å². The maximum atomic E-state index is 12.9. The number of nitrogens with zero attached hydrogens (tertiary/aromatic N) is 3. The Morgan fingerprint density at radius 1 is 1.19 bits per heavy atom. The first-order chi connectivity index (χ1) is 13.2. The lowest BCUT2D eigenvalue weighted by Crippen LogP contribution is -2.44. The molecule has 1 saturated heterocycles. The lowest BCUT2D eigenvalue weighted by Gasteiger charge is -2.36. The van der Waals surface area contributed by atoms with Gasteiger partial charge in [-0.15, -0.1) is 10.2 Å². The van der Waals surface area contributed by atoms with Crippen LogP contribution in [0.15, 0.2) is 4.34 Å². The van der Waals surface area contributed by atoms with E-state index in [0.29, 0.717) is 17.8 Å². The quantitative estimate of drug-likeness (QED) is 0.658. The fourth-order valence-corrected chi connectivity index (χ4v) is 5.75. The molecule has 1 aliphatic heterocycles. The van der Waals surface area contributed by atoms with Crippen LogP contribution < -0.4 is 5.32 Å². The van der Waals surface area contributed by atoms with Crippen LogP contribution in [0.25, 0.3) is 0 Å². The van der Waals surface area contributed by atoms with E-state index >= 15 is 0 Å².